The highest BCUT2D eigenvalue weighted by Gasteiger charge is 2.10. The van der Waals surface area contributed by atoms with Crippen LogP contribution in [0.3, 0.4) is 0 Å². The van der Waals surface area contributed by atoms with Gasteiger partial charge in [0.25, 0.3) is 0 Å². The van der Waals surface area contributed by atoms with Crippen molar-refractivity contribution in [1.29, 1.82) is 0 Å². The summed E-state index contributed by atoms with van der Waals surface area (Å²) in [7, 11) is 0. The predicted molar refractivity (Wildman–Crippen MR) is 73.7 cm³/mol. The molecule has 0 bridgehead atoms. The van der Waals surface area contributed by atoms with Crippen LogP contribution in [0.25, 0.3) is 4.96 Å². The van der Waals surface area contributed by atoms with E-state index in [0.717, 1.165) is 5.82 Å². The summed E-state index contributed by atoms with van der Waals surface area (Å²) >= 11 is 7.30. The van der Waals surface area contributed by atoms with E-state index in [1.165, 1.54) is 11.3 Å². The molecule has 0 aliphatic rings. The van der Waals surface area contributed by atoms with Crippen LogP contribution in [0.2, 0.25) is 5.02 Å². The van der Waals surface area contributed by atoms with E-state index in [2.05, 4.69) is 15.3 Å². The third-order valence-electron chi connectivity index (χ3n) is 2.49. The van der Waals surface area contributed by atoms with Gasteiger partial charge in [-0.3, -0.25) is 0 Å². The van der Waals surface area contributed by atoms with Crippen LogP contribution in [0, 0.1) is 0 Å². The topological polar surface area (TPSA) is 78.3 Å². The number of fused-ring (bicyclic) bond motifs is 1. The van der Waals surface area contributed by atoms with E-state index >= 15 is 0 Å². The highest BCUT2D eigenvalue weighted by molar-refractivity contribution is 7.20. The lowest BCUT2D eigenvalue weighted by molar-refractivity contribution is 0.318. The fourth-order valence-electron chi connectivity index (χ4n) is 1.64. The van der Waals surface area contributed by atoms with Crippen LogP contribution in [-0.2, 0) is 6.42 Å². The predicted octanol–water partition coefficient (Wildman–Crippen LogP) is 2.04. The highest BCUT2D eigenvalue weighted by atomic mass is 35.5. The van der Waals surface area contributed by atoms with Crippen LogP contribution >= 0.6 is 22.9 Å². The normalized spacial score (nSPS) is 11.0. The number of benzene rings is 1. The Hall–Kier alpha value is -1.86. The van der Waals surface area contributed by atoms with E-state index in [-0.39, 0.29) is 0 Å². The molecule has 2 heterocycles. The van der Waals surface area contributed by atoms with Crippen molar-refractivity contribution in [3.63, 3.8) is 0 Å². The van der Waals surface area contributed by atoms with Gasteiger partial charge < -0.3 is 10.5 Å². The monoisotopic (exact) mass is 295 g/mol. The average molecular weight is 296 g/mol. The number of nitrogens with two attached hydrogens (primary N) is 1. The second-order valence-electron chi connectivity index (χ2n) is 3.78. The molecule has 3 aromatic rings. The Morgan fingerprint density at radius 1 is 1.32 bits per heavy atom. The summed E-state index contributed by atoms with van der Waals surface area (Å²) in [6.45, 7) is 0.446. The lowest BCUT2D eigenvalue weighted by atomic mass is 10.3. The van der Waals surface area contributed by atoms with E-state index in [1.807, 2.05) is 18.2 Å². The maximum Gasteiger partial charge on any atom is 0.236 e. The molecule has 2 N–H and O–H groups in total. The number of nitrogen functional groups attached to an aromatic ring is 1. The van der Waals surface area contributed by atoms with Crippen LogP contribution in [0.15, 0.2) is 24.3 Å². The molecule has 0 fully saturated rings. The first-order valence-corrected chi connectivity index (χ1v) is 6.77. The summed E-state index contributed by atoms with van der Waals surface area (Å²) in [6.07, 6.45) is 0.579. The van der Waals surface area contributed by atoms with Gasteiger partial charge in [0.2, 0.25) is 10.1 Å². The van der Waals surface area contributed by atoms with Gasteiger partial charge in [0, 0.05) is 6.42 Å². The lowest BCUT2D eigenvalue weighted by Crippen LogP contribution is -2.06. The Morgan fingerprint density at radius 2 is 2.16 bits per heavy atom. The van der Waals surface area contributed by atoms with Crippen molar-refractivity contribution in [2.45, 2.75) is 6.42 Å². The van der Waals surface area contributed by atoms with E-state index in [4.69, 9.17) is 22.1 Å². The van der Waals surface area contributed by atoms with Gasteiger partial charge in [-0.1, -0.05) is 35.1 Å². The van der Waals surface area contributed by atoms with Crippen molar-refractivity contribution in [3.8, 4) is 5.75 Å². The number of ether oxygens (including phenoxy) is 1. The van der Waals surface area contributed by atoms with Gasteiger partial charge >= 0.3 is 0 Å². The molecule has 8 heteroatoms. The van der Waals surface area contributed by atoms with E-state index in [1.54, 1.807) is 10.6 Å². The molecule has 0 saturated carbocycles. The Kier molecular flexibility index (Phi) is 3.22. The second kappa shape index (κ2) is 5.02. The van der Waals surface area contributed by atoms with Gasteiger partial charge in [-0.15, -0.1) is 15.3 Å². The van der Waals surface area contributed by atoms with E-state index in [0.29, 0.717) is 33.9 Å². The molecule has 3 rings (SSSR count). The average Bonchev–Trinajstić information content (AvgIpc) is 2.92. The minimum atomic E-state index is 0.446. The lowest BCUT2D eigenvalue weighted by Gasteiger charge is -2.06. The Labute approximate surface area is 117 Å². The minimum Gasteiger partial charge on any atom is -0.492 e. The van der Waals surface area contributed by atoms with Crippen molar-refractivity contribution < 1.29 is 4.74 Å². The smallest absolute Gasteiger partial charge is 0.236 e. The molecule has 0 saturated heterocycles. The van der Waals surface area contributed by atoms with Crippen LogP contribution in [0.4, 0.5) is 5.13 Å². The van der Waals surface area contributed by atoms with Gasteiger partial charge in [-0.05, 0) is 12.1 Å². The number of rotatable bonds is 4. The summed E-state index contributed by atoms with van der Waals surface area (Å²) in [4.78, 5) is 0.685. The largest absolute Gasteiger partial charge is 0.492 e. The Balaban J connectivity index is 1.68. The van der Waals surface area contributed by atoms with Crippen LogP contribution < -0.4 is 10.5 Å². The molecule has 2 aromatic heterocycles. The number of para-hydroxylation sites is 1. The first-order valence-electron chi connectivity index (χ1n) is 5.58. The third kappa shape index (κ3) is 2.47. The van der Waals surface area contributed by atoms with Crippen molar-refractivity contribution in [2.24, 2.45) is 0 Å². The van der Waals surface area contributed by atoms with Gasteiger partial charge in [0.15, 0.2) is 5.82 Å². The zero-order valence-corrected chi connectivity index (χ0v) is 11.4. The standard InChI is InChI=1S/C11H10ClN5OS/c12-7-3-1-2-4-8(7)18-6-5-9-14-15-11-17(9)16-10(13)19-11/h1-4H,5-6H2,(H2,13,16). The molecule has 6 nitrogen and oxygen atoms in total. The quantitative estimate of drug-likeness (QED) is 0.797. The van der Waals surface area contributed by atoms with Gasteiger partial charge in [0.1, 0.15) is 5.75 Å². The maximum absolute atomic E-state index is 6.00. The summed E-state index contributed by atoms with van der Waals surface area (Å²) in [6, 6.07) is 7.34. The molecule has 0 amide bonds. The summed E-state index contributed by atoms with van der Waals surface area (Å²) < 4.78 is 7.23. The summed E-state index contributed by atoms with van der Waals surface area (Å²) in [5.74, 6) is 1.37. The highest BCUT2D eigenvalue weighted by Crippen LogP contribution is 2.23. The first kappa shape index (κ1) is 12.2. The van der Waals surface area contributed by atoms with Crippen LogP contribution in [0.1, 0.15) is 5.82 Å². The molecule has 1 aromatic carbocycles. The van der Waals surface area contributed by atoms with E-state index < -0.39 is 0 Å². The molecule has 19 heavy (non-hydrogen) atoms. The van der Waals surface area contributed by atoms with Gasteiger partial charge in [0.05, 0.1) is 11.6 Å². The maximum atomic E-state index is 6.00. The summed E-state index contributed by atoms with van der Waals surface area (Å²) in [5.41, 5.74) is 5.61. The van der Waals surface area contributed by atoms with Crippen molar-refractivity contribution >= 4 is 33.0 Å². The molecule has 0 aliphatic carbocycles. The van der Waals surface area contributed by atoms with Gasteiger partial charge in [-0.25, -0.2) is 0 Å². The summed E-state index contributed by atoms with van der Waals surface area (Å²) in [5, 5.41) is 13.2. The zero-order valence-electron chi connectivity index (χ0n) is 9.78. The molecule has 0 spiro atoms. The molecule has 0 unspecified atom stereocenters. The van der Waals surface area contributed by atoms with Crippen molar-refractivity contribution in [3.05, 3.63) is 35.1 Å². The second-order valence-corrected chi connectivity index (χ2v) is 5.17. The number of anilines is 1. The van der Waals surface area contributed by atoms with E-state index in [9.17, 15) is 0 Å². The molecule has 0 atom stereocenters. The first-order chi connectivity index (χ1) is 9.24. The fraction of sp³-hybridized carbons (Fsp3) is 0.182. The zero-order chi connectivity index (χ0) is 13.2. The van der Waals surface area contributed by atoms with Gasteiger partial charge in [-0.2, -0.15) is 4.52 Å². The number of hydrogen-bond acceptors (Lipinski definition) is 6. The van der Waals surface area contributed by atoms with Crippen molar-refractivity contribution in [2.75, 3.05) is 12.3 Å². The number of nitrogens with zero attached hydrogens (tertiary/aromatic N) is 4. The molecular weight excluding hydrogens is 286 g/mol. The molecule has 0 radical (unpaired) electrons. The molecule has 98 valence electrons. The number of halogens is 1. The Bertz CT molecular complexity index is 710. The molecular formula is C11H10ClN5OS. The number of hydrogen-bond donors (Lipinski definition) is 1. The third-order valence-corrected chi connectivity index (χ3v) is 3.53. The fourth-order valence-corrected chi connectivity index (χ4v) is 2.46. The Morgan fingerprint density at radius 3 is 3.00 bits per heavy atom. The van der Waals surface area contributed by atoms with Crippen LogP contribution in [0.5, 0.6) is 5.75 Å². The molecule has 0 aliphatic heterocycles. The van der Waals surface area contributed by atoms with Crippen molar-refractivity contribution in [1.82, 2.24) is 19.8 Å². The SMILES string of the molecule is Nc1nn2c(CCOc3ccccc3Cl)nnc2s1. The minimum absolute atomic E-state index is 0.446. The van der Waals surface area contributed by atoms with Crippen LogP contribution in [-0.4, -0.2) is 26.4 Å². The number of aromatic nitrogens is 4.